The van der Waals surface area contributed by atoms with Gasteiger partial charge in [0.05, 0.1) is 0 Å². The minimum atomic E-state index is -4.17. The smallest absolute Gasteiger partial charge is 0.340 e. The number of fused-ring (bicyclic) bond motifs is 1. The summed E-state index contributed by atoms with van der Waals surface area (Å²) in [7, 11) is 0. The Labute approximate surface area is 176 Å². The molecule has 8 heteroatoms. The van der Waals surface area contributed by atoms with E-state index in [4.69, 9.17) is 4.74 Å². The molecule has 2 heterocycles. The third-order valence-corrected chi connectivity index (χ3v) is 5.76. The van der Waals surface area contributed by atoms with E-state index in [0.717, 1.165) is 42.4 Å². The highest BCUT2D eigenvalue weighted by atomic mass is 19.3. The van der Waals surface area contributed by atoms with E-state index >= 15 is 0 Å². The van der Waals surface area contributed by atoms with E-state index in [-0.39, 0.29) is 11.6 Å². The zero-order chi connectivity index (χ0) is 22.0. The molecule has 0 saturated carbocycles. The molecule has 3 aromatic rings. The Balaban J connectivity index is 1.33. The molecule has 1 fully saturated rings. The van der Waals surface area contributed by atoms with Crippen molar-refractivity contribution in [2.45, 2.75) is 37.7 Å². The number of alkyl halides is 4. The van der Waals surface area contributed by atoms with Gasteiger partial charge in [0.2, 0.25) is 0 Å². The maximum absolute atomic E-state index is 13.4. The summed E-state index contributed by atoms with van der Waals surface area (Å²) in [5, 5.41) is 1.05. The first-order valence-corrected chi connectivity index (χ1v) is 10.2. The van der Waals surface area contributed by atoms with Crippen molar-refractivity contribution in [1.82, 2.24) is 9.88 Å². The Kier molecular flexibility index (Phi) is 6.18. The summed E-state index contributed by atoms with van der Waals surface area (Å²) in [5.41, 5.74) is 2.87. The number of aromatic nitrogens is 1. The second-order valence-corrected chi connectivity index (χ2v) is 7.98. The molecule has 0 spiro atoms. The van der Waals surface area contributed by atoms with Gasteiger partial charge >= 0.3 is 12.3 Å². The molecule has 1 aliphatic rings. The maximum atomic E-state index is 13.4. The first-order chi connectivity index (χ1) is 14.8. The van der Waals surface area contributed by atoms with E-state index in [1.165, 1.54) is 23.8 Å². The molecule has 1 aliphatic heterocycles. The fraction of sp³-hybridized carbons (Fsp3) is 0.391. The Morgan fingerprint density at radius 3 is 2.61 bits per heavy atom. The molecule has 0 atom stereocenters. The summed E-state index contributed by atoms with van der Waals surface area (Å²) in [6, 6.07) is 11.4. The number of hydrogen-bond acceptors (Lipinski definition) is 2. The molecule has 1 N–H and O–H groups in total. The number of hydrogen-bond donors (Lipinski definition) is 1. The first-order valence-electron chi connectivity index (χ1n) is 10.2. The Bertz CT molecular complexity index is 1030. The second-order valence-electron chi connectivity index (χ2n) is 7.98. The number of rotatable bonds is 7. The Morgan fingerprint density at radius 1 is 1.10 bits per heavy atom. The number of nitrogens with one attached hydrogen (secondary N) is 1. The van der Waals surface area contributed by atoms with Gasteiger partial charge < -0.3 is 9.72 Å². The number of likely N-dealkylation sites (tertiary alicyclic amines) is 1. The quantitative estimate of drug-likeness (QED) is 0.461. The first kappa shape index (κ1) is 21.6. The topological polar surface area (TPSA) is 28.3 Å². The van der Waals surface area contributed by atoms with Crippen molar-refractivity contribution in [3.63, 3.8) is 0 Å². The van der Waals surface area contributed by atoms with E-state index in [1.807, 2.05) is 18.3 Å². The van der Waals surface area contributed by atoms with Crippen LogP contribution < -0.4 is 4.74 Å². The molecular formula is C23H23F5N2O. The standard InChI is InChI=1S/C23H23F5N2O/c24-17-4-5-19-20(12-29-21(19)11-17)16-6-8-30(9-7-16)13-15-2-1-3-18(10-15)31-14-23(27,28)22(25)26/h1-5,10-12,16,22,29H,6-9,13-14H2. The van der Waals surface area contributed by atoms with Crippen LogP contribution in [0.5, 0.6) is 5.75 Å². The van der Waals surface area contributed by atoms with Crippen molar-refractivity contribution in [3.8, 4) is 5.75 Å². The average molecular weight is 438 g/mol. The lowest BCUT2D eigenvalue weighted by Crippen LogP contribution is -2.34. The molecule has 3 nitrogen and oxygen atoms in total. The van der Waals surface area contributed by atoms with Crippen molar-refractivity contribution in [1.29, 1.82) is 0 Å². The lowest BCUT2D eigenvalue weighted by Gasteiger charge is -2.32. The summed E-state index contributed by atoms with van der Waals surface area (Å²) < 4.78 is 69.0. The van der Waals surface area contributed by atoms with E-state index < -0.39 is 19.0 Å². The van der Waals surface area contributed by atoms with E-state index in [0.29, 0.717) is 12.5 Å². The molecule has 0 amide bonds. The number of nitrogens with zero attached hydrogens (tertiary/aromatic N) is 1. The van der Waals surface area contributed by atoms with Gasteiger partial charge in [-0.05, 0) is 73.3 Å². The third kappa shape index (κ3) is 5.01. The van der Waals surface area contributed by atoms with Gasteiger partial charge in [0.25, 0.3) is 0 Å². The second kappa shape index (κ2) is 8.86. The van der Waals surface area contributed by atoms with E-state index in [2.05, 4.69) is 9.88 Å². The molecule has 0 bridgehead atoms. The highest BCUT2D eigenvalue weighted by molar-refractivity contribution is 5.83. The van der Waals surface area contributed by atoms with Crippen LogP contribution in [0.25, 0.3) is 10.9 Å². The number of H-pyrrole nitrogens is 1. The molecule has 1 aromatic heterocycles. The van der Waals surface area contributed by atoms with Crippen LogP contribution in [-0.2, 0) is 6.54 Å². The van der Waals surface area contributed by atoms with Crippen LogP contribution >= 0.6 is 0 Å². The van der Waals surface area contributed by atoms with Crippen LogP contribution in [0.4, 0.5) is 22.0 Å². The minimum absolute atomic E-state index is 0.152. The number of ether oxygens (including phenoxy) is 1. The van der Waals surface area contributed by atoms with Crippen LogP contribution in [0, 0.1) is 5.82 Å². The molecule has 166 valence electrons. The molecular weight excluding hydrogens is 415 g/mol. The van der Waals surface area contributed by atoms with Crippen molar-refractivity contribution in [2.75, 3.05) is 19.7 Å². The van der Waals surface area contributed by atoms with Crippen molar-refractivity contribution in [3.05, 3.63) is 65.6 Å². The zero-order valence-electron chi connectivity index (χ0n) is 16.8. The van der Waals surface area contributed by atoms with Gasteiger partial charge in [0, 0.05) is 23.6 Å². The summed E-state index contributed by atoms with van der Waals surface area (Å²) in [4.78, 5) is 5.41. The predicted octanol–water partition coefficient (Wildman–Crippen LogP) is 5.97. The van der Waals surface area contributed by atoms with Crippen molar-refractivity contribution in [2.24, 2.45) is 0 Å². The predicted molar refractivity (Wildman–Crippen MR) is 108 cm³/mol. The van der Waals surface area contributed by atoms with Crippen LogP contribution in [0.2, 0.25) is 0 Å². The molecule has 0 radical (unpaired) electrons. The van der Waals surface area contributed by atoms with Gasteiger partial charge in [-0.25, -0.2) is 13.2 Å². The third-order valence-electron chi connectivity index (χ3n) is 5.76. The van der Waals surface area contributed by atoms with E-state index in [9.17, 15) is 22.0 Å². The van der Waals surface area contributed by atoms with Gasteiger partial charge in [-0.3, -0.25) is 4.90 Å². The van der Waals surface area contributed by atoms with E-state index in [1.54, 1.807) is 12.1 Å². The summed E-state index contributed by atoms with van der Waals surface area (Å²) in [6.45, 7) is 0.975. The van der Waals surface area contributed by atoms with Crippen molar-refractivity contribution < 1.29 is 26.7 Å². The lowest BCUT2D eigenvalue weighted by molar-refractivity contribution is -0.148. The number of benzene rings is 2. The lowest BCUT2D eigenvalue weighted by atomic mass is 9.89. The SMILES string of the molecule is Fc1ccc2c(C3CCN(Cc4cccc(OCC(F)(F)C(F)F)c4)CC3)c[nH]c2c1. The summed E-state index contributed by atoms with van der Waals surface area (Å²) in [5.74, 6) is -3.91. The Hall–Kier alpha value is -2.61. The number of piperidine rings is 1. The molecule has 0 unspecified atom stereocenters. The van der Waals surface area contributed by atoms with Gasteiger partial charge in [-0.1, -0.05) is 12.1 Å². The monoisotopic (exact) mass is 438 g/mol. The fourth-order valence-corrected chi connectivity index (χ4v) is 4.10. The molecule has 1 saturated heterocycles. The highest BCUT2D eigenvalue weighted by Gasteiger charge is 2.41. The highest BCUT2D eigenvalue weighted by Crippen LogP contribution is 2.34. The molecule has 4 rings (SSSR count). The van der Waals surface area contributed by atoms with Gasteiger partial charge in [0.1, 0.15) is 11.6 Å². The van der Waals surface area contributed by atoms with Crippen molar-refractivity contribution >= 4 is 10.9 Å². The van der Waals surface area contributed by atoms with Crippen LogP contribution in [0.3, 0.4) is 0 Å². The molecule has 2 aromatic carbocycles. The zero-order valence-corrected chi connectivity index (χ0v) is 16.8. The van der Waals surface area contributed by atoms with Crippen LogP contribution in [0.15, 0.2) is 48.7 Å². The van der Waals surface area contributed by atoms with Gasteiger partial charge in [0.15, 0.2) is 6.61 Å². The average Bonchev–Trinajstić information content (AvgIpc) is 3.16. The molecule has 31 heavy (non-hydrogen) atoms. The normalized spacial score (nSPS) is 16.3. The van der Waals surface area contributed by atoms with Gasteiger partial charge in [-0.2, -0.15) is 8.78 Å². The van der Waals surface area contributed by atoms with Crippen LogP contribution in [-0.4, -0.2) is 41.9 Å². The van der Waals surface area contributed by atoms with Crippen LogP contribution in [0.1, 0.15) is 29.9 Å². The molecule has 0 aliphatic carbocycles. The summed E-state index contributed by atoms with van der Waals surface area (Å²) in [6.07, 6.45) is 0.0935. The maximum Gasteiger partial charge on any atom is 0.340 e. The number of aromatic amines is 1. The number of halogens is 5. The fourth-order valence-electron chi connectivity index (χ4n) is 4.10. The Morgan fingerprint density at radius 2 is 1.87 bits per heavy atom. The largest absolute Gasteiger partial charge is 0.487 e. The van der Waals surface area contributed by atoms with Gasteiger partial charge in [-0.15, -0.1) is 0 Å². The minimum Gasteiger partial charge on any atom is -0.487 e. The summed E-state index contributed by atoms with van der Waals surface area (Å²) >= 11 is 0.